The maximum absolute atomic E-state index is 8.49. The van der Waals surface area contributed by atoms with Crippen molar-refractivity contribution in [2.45, 2.75) is 25.0 Å². The zero-order valence-electron chi connectivity index (χ0n) is 6.21. The number of nitrogens with zero attached hydrogens (tertiary/aromatic N) is 1. The molecule has 0 aromatic rings. The second-order valence-corrected chi connectivity index (χ2v) is 3.28. The maximum Gasteiger partial charge on any atom is 0.0914 e. The van der Waals surface area contributed by atoms with Crippen LogP contribution in [0.1, 0.15) is 19.8 Å². The fraction of sp³-hybridized carbons (Fsp3) is 0.857. The molecule has 0 aliphatic rings. The Morgan fingerprint density at radius 1 is 1.70 bits per heavy atom. The van der Waals surface area contributed by atoms with Crippen LogP contribution in [0.5, 0.6) is 0 Å². The molecule has 0 aliphatic heterocycles. The molecule has 1 atom stereocenters. The first kappa shape index (κ1) is 9.80. The molecule has 0 rings (SSSR count). The average molecular weight is 159 g/mol. The third kappa shape index (κ3) is 4.66. The van der Waals surface area contributed by atoms with Crippen molar-refractivity contribution in [3.63, 3.8) is 0 Å². The van der Waals surface area contributed by atoms with Crippen molar-refractivity contribution in [3.8, 4) is 6.07 Å². The normalized spacial score (nSPS) is 12.5. The molecule has 2 nitrogen and oxygen atoms in total. The fourth-order valence-corrected chi connectivity index (χ4v) is 1.43. The van der Waals surface area contributed by atoms with Crippen molar-refractivity contribution in [2.24, 2.45) is 0 Å². The van der Waals surface area contributed by atoms with Crippen molar-refractivity contribution >= 4 is 11.8 Å². The number of hydrogen-bond donors (Lipinski definition) is 1. The Morgan fingerprint density at radius 3 is 2.80 bits per heavy atom. The van der Waals surface area contributed by atoms with E-state index in [0.717, 1.165) is 18.6 Å². The van der Waals surface area contributed by atoms with E-state index in [1.807, 2.05) is 6.92 Å². The Hall–Kier alpha value is -0.200. The lowest BCUT2D eigenvalue weighted by Crippen LogP contribution is -1.98. The van der Waals surface area contributed by atoms with Gasteiger partial charge in [0.1, 0.15) is 0 Å². The van der Waals surface area contributed by atoms with Crippen LogP contribution in [0.25, 0.3) is 0 Å². The van der Waals surface area contributed by atoms with Gasteiger partial charge in [-0.15, -0.1) is 11.8 Å². The van der Waals surface area contributed by atoms with Gasteiger partial charge in [0.25, 0.3) is 0 Å². The van der Waals surface area contributed by atoms with Crippen LogP contribution in [-0.4, -0.2) is 22.7 Å². The van der Waals surface area contributed by atoms with Crippen molar-refractivity contribution in [2.75, 3.05) is 12.4 Å². The minimum absolute atomic E-state index is 0.117. The zero-order valence-corrected chi connectivity index (χ0v) is 7.02. The molecular formula is C7H13NOS. The first-order valence-corrected chi connectivity index (χ1v) is 4.52. The van der Waals surface area contributed by atoms with Gasteiger partial charge < -0.3 is 5.11 Å². The quantitative estimate of drug-likeness (QED) is 0.617. The summed E-state index contributed by atoms with van der Waals surface area (Å²) in [5.74, 6) is 0.891. The molecule has 0 bridgehead atoms. The Bertz CT molecular complexity index is 111. The molecule has 58 valence electrons. The SMILES string of the molecule is CCC(C#N)SCCCO. The molecule has 0 radical (unpaired) electrons. The van der Waals surface area contributed by atoms with E-state index < -0.39 is 0 Å². The lowest BCUT2D eigenvalue weighted by molar-refractivity contribution is 0.296. The zero-order chi connectivity index (χ0) is 7.82. The van der Waals surface area contributed by atoms with Crippen LogP contribution in [0.3, 0.4) is 0 Å². The highest BCUT2D eigenvalue weighted by Crippen LogP contribution is 2.13. The van der Waals surface area contributed by atoms with Gasteiger partial charge in [-0.1, -0.05) is 6.92 Å². The first-order chi connectivity index (χ1) is 4.85. The molecule has 1 N–H and O–H groups in total. The van der Waals surface area contributed by atoms with E-state index in [1.54, 1.807) is 11.8 Å². The molecular weight excluding hydrogens is 146 g/mol. The molecule has 0 aromatic carbocycles. The van der Waals surface area contributed by atoms with E-state index in [4.69, 9.17) is 10.4 Å². The van der Waals surface area contributed by atoms with Crippen LogP contribution in [-0.2, 0) is 0 Å². The summed E-state index contributed by atoms with van der Waals surface area (Å²) in [7, 11) is 0. The van der Waals surface area contributed by atoms with Gasteiger partial charge in [-0.2, -0.15) is 5.26 Å². The summed E-state index contributed by atoms with van der Waals surface area (Å²) in [5.41, 5.74) is 0. The summed E-state index contributed by atoms with van der Waals surface area (Å²) >= 11 is 1.62. The highest BCUT2D eigenvalue weighted by molar-refractivity contribution is 8.00. The highest BCUT2D eigenvalue weighted by atomic mass is 32.2. The van der Waals surface area contributed by atoms with Crippen LogP contribution in [0.4, 0.5) is 0 Å². The van der Waals surface area contributed by atoms with E-state index in [1.165, 1.54) is 0 Å². The van der Waals surface area contributed by atoms with Crippen molar-refractivity contribution in [1.29, 1.82) is 5.26 Å². The smallest absolute Gasteiger partial charge is 0.0914 e. The number of hydrogen-bond acceptors (Lipinski definition) is 3. The van der Waals surface area contributed by atoms with Gasteiger partial charge in [0.2, 0.25) is 0 Å². The second kappa shape index (κ2) is 6.91. The van der Waals surface area contributed by atoms with Crippen molar-refractivity contribution in [1.82, 2.24) is 0 Å². The largest absolute Gasteiger partial charge is 0.396 e. The van der Waals surface area contributed by atoms with Gasteiger partial charge in [0.15, 0.2) is 0 Å². The van der Waals surface area contributed by atoms with Gasteiger partial charge in [0.05, 0.1) is 11.3 Å². The van der Waals surface area contributed by atoms with Crippen molar-refractivity contribution < 1.29 is 5.11 Å². The summed E-state index contributed by atoms with van der Waals surface area (Å²) in [6.45, 7) is 2.23. The molecule has 0 aromatic heterocycles. The highest BCUT2D eigenvalue weighted by Gasteiger charge is 2.02. The minimum atomic E-state index is 0.117. The minimum Gasteiger partial charge on any atom is -0.396 e. The monoisotopic (exact) mass is 159 g/mol. The third-order valence-corrected chi connectivity index (χ3v) is 2.50. The van der Waals surface area contributed by atoms with Crippen LogP contribution in [0, 0.1) is 11.3 Å². The molecule has 0 aliphatic carbocycles. The summed E-state index contributed by atoms with van der Waals surface area (Å²) in [5, 5.41) is 17.0. The summed E-state index contributed by atoms with van der Waals surface area (Å²) in [6.07, 6.45) is 1.69. The number of aliphatic hydroxyl groups excluding tert-OH is 1. The van der Waals surface area contributed by atoms with E-state index in [9.17, 15) is 0 Å². The molecule has 0 saturated carbocycles. The van der Waals surface area contributed by atoms with Gasteiger partial charge >= 0.3 is 0 Å². The topological polar surface area (TPSA) is 44.0 Å². The summed E-state index contributed by atoms with van der Waals surface area (Å²) < 4.78 is 0. The molecule has 0 heterocycles. The number of aliphatic hydroxyl groups is 1. The van der Waals surface area contributed by atoms with Crippen LogP contribution >= 0.6 is 11.8 Å². The van der Waals surface area contributed by atoms with E-state index in [-0.39, 0.29) is 11.9 Å². The molecule has 10 heavy (non-hydrogen) atoms. The standard InChI is InChI=1S/C7H13NOS/c1-2-7(6-8)10-5-3-4-9/h7,9H,2-5H2,1H3. The maximum atomic E-state index is 8.49. The van der Waals surface area contributed by atoms with Gasteiger partial charge in [-0.25, -0.2) is 0 Å². The lowest BCUT2D eigenvalue weighted by atomic mass is 10.4. The Labute approximate surface area is 66.2 Å². The van der Waals surface area contributed by atoms with E-state index >= 15 is 0 Å². The molecule has 0 fully saturated rings. The number of rotatable bonds is 5. The second-order valence-electron chi connectivity index (χ2n) is 1.97. The Kier molecular flexibility index (Phi) is 6.78. The molecule has 0 spiro atoms. The van der Waals surface area contributed by atoms with Crippen LogP contribution in [0.15, 0.2) is 0 Å². The van der Waals surface area contributed by atoms with Crippen LogP contribution < -0.4 is 0 Å². The third-order valence-electron chi connectivity index (χ3n) is 1.14. The summed E-state index contributed by atoms with van der Waals surface area (Å²) in [6, 6.07) is 2.19. The van der Waals surface area contributed by atoms with E-state index in [2.05, 4.69) is 6.07 Å². The predicted molar refractivity (Wildman–Crippen MR) is 43.9 cm³/mol. The molecule has 1 unspecified atom stereocenters. The van der Waals surface area contributed by atoms with Crippen molar-refractivity contribution in [3.05, 3.63) is 0 Å². The Morgan fingerprint density at radius 2 is 2.40 bits per heavy atom. The lowest BCUT2D eigenvalue weighted by Gasteiger charge is -2.02. The number of thioether (sulfide) groups is 1. The molecule has 0 saturated heterocycles. The van der Waals surface area contributed by atoms with Gasteiger partial charge in [0, 0.05) is 6.61 Å². The number of nitriles is 1. The van der Waals surface area contributed by atoms with Gasteiger partial charge in [-0.05, 0) is 18.6 Å². The molecule has 3 heteroatoms. The van der Waals surface area contributed by atoms with E-state index in [0.29, 0.717) is 0 Å². The molecule has 0 amide bonds. The fourth-order valence-electron chi connectivity index (χ4n) is 0.537. The Balaban J connectivity index is 3.20. The van der Waals surface area contributed by atoms with Crippen LogP contribution in [0.2, 0.25) is 0 Å². The first-order valence-electron chi connectivity index (χ1n) is 3.47. The van der Waals surface area contributed by atoms with Gasteiger partial charge in [-0.3, -0.25) is 0 Å². The predicted octanol–water partition coefficient (Wildman–Crippen LogP) is 1.40. The summed E-state index contributed by atoms with van der Waals surface area (Å²) in [4.78, 5) is 0. The average Bonchev–Trinajstić information content (AvgIpc) is 1.99.